The molecule has 2 atom stereocenters. The summed E-state index contributed by atoms with van der Waals surface area (Å²) in [5.74, 6) is 1.21. The number of fused-ring (bicyclic) bond motifs is 2. The van der Waals surface area contributed by atoms with E-state index in [-0.39, 0.29) is 29.5 Å². The molecule has 220 valence electrons. The minimum absolute atomic E-state index is 0.0138. The molecule has 0 bridgehead atoms. The van der Waals surface area contributed by atoms with E-state index in [9.17, 15) is 14.0 Å². The Morgan fingerprint density at radius 2 is 2.02 bits per heavy atom. The topological polar surface area (TPSA) is 109 Å². The number of benzene rings is 2. The Kier molecular flexibility index (Phi) is 8.23. The van der Waals surface area contributed by atoms with Gasteiger partial charge < -0.3 is 29.9 Å². The summed E-state index contributed by atoms with van der Waals surface area (Å²) < 4.78 is 25.4. The Hall–Kier alpha value is -3.80. The maximum absolute atomic E-state index is 13.7. The largest absolute Gasteiger partial charge is 0.488 e. The molecule has 1 saturated carbocycles. The van der Waals surface area contributed by atoms with Gasteiger partial charge >= 0.3 is 0 Å². The third kappa shape index (κ3) is 6.33. The van der Waals surface area contributed by atoms with Crippen LogP contribution in [0.2, 0.25) is 5.02 Å². The van der Waals surface area contributed by atoms with Crippen molar-refractivity contribution < 1.29 is 23.5 Å². The maximum atomic E-state index is 13.7. The van der Waals surface area contributed by atoms with E-state index in [1.165, 1.54) is 24.5 Å². The van der Waals surface area contributed by atoms with Crippen LogP contribution >= 0.6 is 11.6 Å². The van der Waals surface area contributed by atoms with Crippen molar-refractivity contribution in [1.29, 1.82) is 0 Å². The van der Waals surface area contributed by atoms with Gasteiger partial charge in [0.05, 0.1) is 28.9 Å². The Morgan fingerprint density at radius 3 is 2.79 bits per heavy atom. The summed E-state index contributed by atoms with van der Waals surface area (Å²) in [6.07, 6.45) is 6.44. The number of hydrogen-bond donors (Lipinski definition) is 2. The fourth-order valence-electron chi connectivity index (χ4n) is 6.05. The van der Waals surface area contributed by atoms with E-state index < -0.39 is 5.82 Å². The number of anilines is 3. The number of morpholine rings is 1. The molecule has 2 amide bonds. The number of carbonyl (C=O) groups is 2. The first-order valence-corrected chi connectivity index (χ1v) is 14.4. The zero-order valence-electron chi connectivity index (χ0n) is 23.2. The van der Waals surface area contributed by atoms with Gasteiger partial charge in [-0.3, -0.25) is 9.59 Å². The highest BCUT2D eigenvalue weighted by atomic mass is 35.5. The molecule has 3 fully saturated rings. The van der Waals surface area contributed by atoms with E-state index in [0.717, 1.165) is 25.9 Å². The van der Waals surface area contributed by atoms with E-state index in [4.69, 9.17) is 21.1 Å². The second kappa shape index (κ2) is 12.2. The molecule has 2 aromatic carbocycles. The molecule has 3 aliphatic rings. The number of nitrogens with one attached hydrogen (secondary N) is 2. The molecule has 10 nitrogen and oxygen atoms in total. The maximum Gasteiger partial charge on any atom is 0.248 e. The lowest BCUT2D eigenvalue weighted by molar-refractivity contribution is -0.141. The highest BCUT2D eigenvalue weighted by molar-refractivity contribution is 6.31. The quantitative estimate of drug-likeness (QED) is 0.373. The average Bonchev–Trinajstić information content (AvgIpc) is 3.49. The molecule has 1 aromatic heterocycles. The molecule has 1 aliphatic carbocycles. The van der Waals surface area contributed by atoms with Crippen LogP contribution in [0.25, 0.3) is 10.9 Å². The number of likely N-dealkylation sites (tertiary alicyclic amines) is 1. The molecule has 2 aliphatic heterocycles. The number of nitrogens with zero attached hydrogens (tertiary/aromatic N) is 4. The third-order valence-corrected chi connectivity index (χ3v) is 8.33. The zero-order chi connectivity index (χ0) is 29.2. The number of ether oxygens (including phenoxy) is 2. The average molecular weight is 595 g/mol. The molecular weight excluding hydrogens is 563 g/mol. The van der Waals surface area contributed by atoms with E-state index in [1.807, 2.05) is 6.07 Å². The minimum Gasteiger partial charge on any atom is -0.488 e. The molecule has 0 radical (unpaired) electrons. The van der Waals surface area contributed by atoms with E-state index >= 15 is 0 Å². The van der Waals surface area contributed by atoms with Gasteiger partial charge in [0.1, 0.15) is 30.3 Å². The molecular formula is C30H32ClFN6O4. The van der Waals surface area contributed by atoms with Crippen LogP contribution in [-0.4, -0.2) is 84.1 Å². The summed E-state index contributed by atoms with van der Waals surface area (Å²) in [4.78, 5) is 37.8. The molecule has 42 heavy (non-hydrogen) atoms. The highest BCUT2D eigenvalue weighted by Gasteiger charge is 2.40. The van der Waals surface area contributed by atoms with Crippen LogP contribution < -0.4 is 15.4 Å². The fraction of sp³-hybridized carbons (Fsp3) is 0.400. The van der Waals surface area contributed by atoms with Crippen molar-refractivity contribution >= 4 is 51.5 Å². The highest BCUT2D eigenvalue weighted by Crippen LogP contribution is 2.41. The van der Waals surface area contributed by atoms with Crippen molar-refractivity contribution in [2.45, 2.75) is 18.9 Å². The number of amides is 2. The Balaban J connectivity index is 1.26. The fourth-order valence-corrected chi connectivity index (χ4v) is 6.23. The number of halogens is 2. The molecule has 2 N–H and O–H groups in total. The van der Waals surface area contributed by atoms with Gasteiger partial charge in [-0.25, -0.2) is 14.4 Å². The van der Waals surface area contributed by atoms with Gasteiger partial charge in [-0.1, -0.05) is 17.7 Å². The number of rotatable bonds is 8. The summed E-state index contributed by atoms with van der Waals surface area (Å²) in [6.45, 7) is 3.47. The Labute approximate surface area is 247 Å². The van der Waals surface area contributed by atoms with Gasteiger partial charge in [0, 0.05) is 49.4 Å². The molecule has 3 aromatic rings. The first-order valence-electron chi connectivity index (χ1n) is 14.0. The standard InChI is InChI=1S/C30H32ClFN6O4/c1-37-14-18-9-21(10-19(18)15-37)42-27-13-25-22(30(34-17-33-25)35-20-4-5-24(32)23(31)11-20)12-26(27)36-28(39)3-2-6-38-7-8-41-16-29(38)40/h2-5,11-13,17-19,21H,6-10,14-16H2,1H3,(H,36,39)(H,33,34,35)/b3-2+. The molecule has 3 heterocycles. The molecule has 2 saturated heterocycles. The van der Waals surface area contributed by atoms with Crippen LogP contribution in [0.4, 0.5) is 21.6 Å². The van der Waals surface area contributed by atoms with Gasteiger partial charge in [0.15, 0.2) is 0 Å². The zero-order valence-corrected chi connectivity index (χ0v) is 23.9. The van der Waals surface area contributed by atoms with Crippen LogP contribution in [-0.2, 0) is 14.3 Å². The summed E-state index contributed by atoms with van der Waals surface area (Å²) >= 11 is 5.98. The minimum atomic E-state index is -0.518. The molecule has 12 heteroatoms. The van der Waals surface area contributed by atoms with Gasteiger partial charge in [-0.05, 0) is 56.0 Å². The molecule has 6 rings (SSSR count). The van der Waals surface area contributed by atoms with Gasteiger partial charge in [-0.2, -0.15) is 0 Å². The predicted octanol–water partition coefficient (Wildman–Crippen LogP) is 4.24. The van der Waals surface area contributed by atoms with Crippen LogP contribution in [0.3, 0.4) is 0 Å². The van der Waals surface area contributed by atoms with Crippen molar-refractivity contribution in [1.82, 2.24) is 19.8 Å². The van der Waals surface area contributed by atoms with Gasteiger partial charge in [0.25, 0.3) is 0 Å². The third-order valence-electron chi connectivity index (χ3n) is 8.04. The second-order valence-corrected chi connectivity index (χ2v) is 11.5. The Morgan fingerprint density at radius 1 is 1.21 bits per heavy atom. The predicted molar refractivity (Wildman–Crippen MR) is 158 cm³/mol. The van der Waals surface area contributed by atoms with Crippen molar-refractivity contribution in [3.63, 3.8) is 0 Å². The SMILES string of the molecule is CN1CC2CC(Oc3cc4ncnc(Nc5ccc(F)c(Cl)c5)c4cc3NC(=O)/C=C/CN3CCOCC3=O)CC2C1. The summed E-state index contributed by atoms with van der Waals surface area (Å²) in [7, 11) is 2.15. The van der Waals surface area contributed by atoms with Crippen molar-refractivity contribution in [2.24, 2.45) is 11.8 Å². The van der Waals surface area contributed by atoms with Crippen LogP contribution in [0.15, 0.2) is 48.8 Å². The lowest BCUT2D eigenvalue weighted by Crippen LogP contribution is -2.41. The molecule has 2 unspecified atom stereocenters. The normalized spacial score (nSPS) is 22.6. The van der Waals surface area contributed by atoms with Crippen LogP contribution in [0.5, 0.6) is 5.75 Å². The summed E-state index contributed by atoms with van der Waals surface area (Å²) in [6, 6.07) is 7.90. The van der Waals surface area contributed by atoms with E-state index in [2.05, 4.69) is 32.5 Å². The first kappa shape index (κ1) is 28.3. The lowest BCUT2D eigenvalue weighted by Gasteiger charge is -2.25. The van der Waals surface area contributed by atoms with E-state index in [1.54, 1.807) is 23.1 Å². The summed E-state index contributed by atoms with van der Waals surface area (Å²) in [5, 5.41) is 6.74. The monoisotopic (exact) mass is 594 g/mol. The summed E-state index contributed by atoms with van der Waals surface area (Å²) in [5.41, 5.74) is 1.65. The Bertz CT molecular complexity index is 1520. The molecule has 0 spiro atoms. The van der Waals surface area contributed by atoms with Crippen LogP contribution in [0.1, 0.15) is 12.8 Å². The smallest absolute Gasteiger partial charge is 0.248 e. The van der Waals surface area contributed by atoms with Crippen molar-refractivity contribution in [3.05, 3.63) is 59.7 Å². The number of aromatic nitrogens is 2. The van der Waals surface area contributed by atoms with Crippen molar-refractivity contribution in [2.75, 3.05) is 57.1 Å². The lowest BCUT2D eigenvalue weighted by atomic mass is 10.0. The van der Waals surface area contributed by atoms with E-state index in [0.29, 0.717) is 65.4 Å². The van der Waals surface area contributed by atoms with Crippen LogP contribution in [0, 0.1) is 17.7 Å². The van der Waals surface area contributed by atoms with Crippen molar-refractivity contribution in [3.8, 4) is 5.75 Å². The van der Waals surface area contributed by atoms with Gasteiger partial charge in [-0.15, -0.1) is 0 Å². The number of carbonyl (C=O) groups excluding carboxylic acids is 2. The number of hydrogen-bond acceptors (Lipinski definition) is 8. The second-order valence-electron chi connectivity index (χ2n) is 11.1. The first-order chi connectivity index (χ1) is 20.3. The van der Waals surface area contributed by atoms with Gasteiger partial charge in [0.2, 0.25) is 11.8 Å².